The first-order valence-electron chi connectivity index (χ1n) is 8.10. The maximum Gasteiger partial charge on any atom is 0.225 e. The summed E-state index contributed by atoms with van der Waals surface area (Å²) in [6, 6.07) is 15.0. The monoisotopic (exact) mass is 338 g/mol. The molecular weight excluding hydrogens is 322 g/mol. The molecule has 0 amide bonds. The van der Waals surface area contributed by atoms with Crippen molar-refractivity contribution in [1.82, 2.24) is 9.97 Å². The first-order chi connectivity index (χ1) is 12.2. The maximum absolute atomic E-state index is 13.9. The van der Waals surface area contributed by atoms with E-state index >= 15 is 0 Å². The fraction of sp³-hybridized carbons (Fsp3) is 0.158. The molecule has 4 rings (SSSR count). The third kappa shape index (κ3) is 3.74. The molecule has 6 heteroatoms. The zero-order valence-corrected chi connectivity index (χ0v) is 13.3. The van der Waals surface area contributed by atoms with Gasteiger partial charge in [0.1, 0.15) is 17.5 Å². The third-order valence-corrected chi connectivity index (χ3v) is 3.90. The van der Waals surface area contributed by atoms with Gasteiger partial charge in [0.05, 0.1) is 11.4 Å². The molecule has 126 valence electrons. The number of aromatic nitrogens is 2. The van der Waals surface area contributed by atoms with E-state index in [1.807, 2.05) is 30.3 Å². The molecule has 1 aromatic heterocycles. The molecule has 0 atom stereocenters. The van der Waals surface area contributed by atoms with E-state index in [9.17, 15) is 8.78 Å². The average Bonchev–Trinajstić information content (AvgIpc) is 3.43. The standard InChI is InChI=1S/C19H16F2N4/c20-13-6-9-15(21)17(10-13)23-18-11-16(12-4-2-1-3-5-12)24-19(25-18)22-14-7-8-14/h1-6,9-11,14H,7-8H2,(H2,22,23,24,25). The highest BCUT2D eigenvalue weighted by molar-refractivity contribution is 5.67. The predicted octanol–water partition coefficient (Wildman–Crippen LogP) is 4.74. The molecule has 0 unspecified atom stereocenters. The number of nitrogens with one attached hydrogen (secondary N) is 2. The summed E-state index contributed by atoms with van der Waals surface area (Å²) >= 11 is 0. The minimum atomic E-state index is -0.544. The van der Waals surface area contributed by atoms with Gasteiger partial charge in [0.15, 0.2) is 0 Å². The number of hydrogen-bond donors (Lipinski definition) is 2. The van der Waals surface area contributed by atoms with Gasteiger partial charge in [-0.05, 0) is 25.0 Å². The van der Waals surface area contributed by atoms with Crippen LogP contribution in [0.15, 0.2) is 54.6 Å². The molecule has 0 spiro atoms. The van der Waals surface area contributed by atoms with Crippen LogP contribution in [0.3, 0.4) is 0 Å². The van der Waals surface area contributed by atoms with Gasteiger partial charge in [-0.15, -0.1) is 0 Å². The molecule has 1 heterocycles. The Bertz CT molecular complexity index is 895. The summed E-state index contributed by atoms with van der Waals surface area (Å²) in [7, 11) is 0. The van der Waals surface area contributed by atoms with Crippen molar-refractivity contribution in [2.24, 2.45) is 0 Å². The SMILES string of the molecule is Fc1ccc(F)c(Nc2cc(-c3ccccc3)nc(NC3CC3)n2)c1. The average molecular weight is 338 g/mol. The Morgan fingerprint density at radius 2 is 1.72 bits per heavy atom. The van der Waals surface area contributed by atoms with E-state index in [0.717, 1.165) is 36.6 Å². The Balaban J connectivity index is 1.71. The molecule has 3 aromatic rings. The van der Waals surface area contributed by atoms with Crippen LogP contribution in [0.25, 0.3) is 11.3 Å². The van der Waals surface area contributed by atoms with Crippen LogP contribution in [0, 0.1) is 11.6 Å². The number of nitrogens with zero attached hydrogens (tertiary/aromatic N) is 2. The molecule has 0 saturated heterocycles. The van der Waals surface area contributed by atoms with E-state index in [0.29, 0.717) is 23.5 Å². The maximum atomic E-state index is 13.9. The number of hydrogen-bond acceptors (Lipinski definition) is 4. The van der Waals surface area contributed by atoms with Crippen molar-refractivity contribution in [1.29, 1.82) is 0 Å². The molecule has 0 radical (unpaired) electrons. The Kier molecular flexibility index (Phi) is 4.01. The molecule has 0 bridgehead atoms. The lowest BCUT2D eigenvalue weighted by molar-refractivity contribution is 0.603. The molecule has 4 nitrogen and oxygen atoms in total. The molecule has 1 saturated carbocycles. The summed E-state index contributed by atoms with van der Waals surface area (Å²) in [5.41, 5.74) is 1.67. The van der Waals surface area contributed by atoms with E-state index in [2.05, 4.69) is 20.6 Å². The van der Waals surface area contributed by atoms with E-state index in [1.165, 1.54) is 0 Å². The van der Waals surface area contributed by atoms with Crippen molar-refractivity contribution < 1.29 is 8.78 Å². The summed E-state index contributed by atoms with van der Waals surface area (Å²) in [6.45, 7) is 0. The lowest BCUT2D eigenvalue weighted by atomic mass is 10.1. The fourth-order valence-corrected chi connectivity index (χ4v) is 2.47. The summed E-state index contributed by atoms with van der Waals surface area (Å²) < 4.78 is 27.3. The third-order valence-electron chi connectivity index (χ3n) is 3.90. The smallest absolute Gasteiger partial charge is 0.225 e. The second-order valence-corrected chi connectivity index (χ2v) is 6.00. The van der Waals surface area contributed by atoms with Gasteiger partial charge in [0.25, 0.3) is 0 Å². The summed E-state index contributed by atoms with van der Waals surface area (Å²) in [4.78, 5) is 8.92. The van der Waals surface area contributed by atoms with Crippen molar-refractivity contribution in [3.63, 3.8) is 0 Å². The molecule has 1 aliphatic rings. The van der Waals surface area contributed by atoms with Gasteiger partial charge < -0.3 is 10.6 Å². The lowest BCUT2D eigenvalue weighted by Gasteiger charge is -2.12. The van der Waals surface area contributed by atoms with Crippen molar-refractivity contribution in [2.75, 3.05) is 10.6 Å². The van der Waals surface area contributed by atoms with E-state index in [1.54, 1.807) is 6.07 Å². The van der Waals surface area contributed by atoms with Crippen molar-refractivity contribution >= 4 is 17.5 Å². The fourth-order valence-electron chi connectivity index (χ4n) is 2.47. The highest BCUT2D eigenvalue weighted by Gasteiger charge is 2.22. The van der Waals surface area contributed by atoms with Crippen LogP contribution < -0.4 is 10.6 Å². The zero-order chi connectivity index (χ0) is 17.2. The van der Waals surface area contributed by atoms with E-state index in [4.69, 9.17) is 0 Å². The second kappa shape index (κ2) is 6.47. The molecule has 25 heavy (non-hydrogen) atoms. The van der Waals surface area contributed by atoms with Crippen LogP contribution in [0.1, 0.15) is 12.8 Å². The van der Waals surface area contributed by atoms with Gasteiger partial charge in [-0.1, -0.05) is 30.3 Å². The molecule has 0 aliphatic heterocycles. The number of benzene rings is 2. The molecule has 1 aliphatic carbocycles. The Morgan fingerprint density at radius 1 is 0.920 bits per heavy atom. The summed E-state index contributed by atoms with van der Waals surface area (Å²) in [5.74, 6) is -0.180. The first-order valence-corrected chi connectivity index (χ1v) is 8.10. The van der Waals surface area contributed by atoms with Crippen LogP contribution in [0.4, 0.5) is 26.2 Å². The Hall–Kier alpha value is -3.02. The van der Waals surface area contributed by atoms with Gasteiger partial charge in [-0.2, -0.15) is 4.98 Å². The van der Waals surface area contributed by atoms with Crippen LogP contribution in [-0.4, -0.2) is 16.0 Å². The van der Waals surface area contributed by atoms with Gasteiger partial charge in [-0.3, -0.25) is 0 Å². The largest absolute Gasteiger partial charge is 0.351 e. The summed E-state index contributed by atoms with van der Waals surface area (Å²) in [5, 5.41) is 6.10. The van der Waals surface area contributed by atoms with Crippen molar-refractivity contribution in [2.45, 2.75) is 18.9 Å². The minimum Gasteiger partial charge on any atom is -0.351 e. The van der Waals surface area contributed by atoms with Gasteiger partial charge in [-0.25, -0.2) is 13.8 Å². The van der Waals surface area contributed by atoms with Gasteiger partial charge in [0.2, 0.25) is 5.95 Å². The van der Waals surface area contributed by atoms with Crippen molar-refractivity contribution in [3.8, 4) is 11.3 Å². The lowest BCUT2D eigenvalue weighted by Crippen LogP contribution is -2.08. The van der Waals surface area contributed by atoms with Crippen LogP contribution in [0.2, 0.25) is 0 Å². The molecule has 1 fully saturated rings. The molecule has 2 aromatic carbocycles. The van der Waals surface area contributed by atoms with Crippen LogP contribution in [0.5, 0.6) is 0 Å². The Morgan fingerprint density at radius 3 is 2.48 bits per heavy atom. The number of anilines is 3. The van der Waals surface area contributed by atoms with Gasteiger partial charge in [0, 0.05) is 23.7 Å². The zero-order valence-electron chi connectivity index (χ0n) is 13.3. The van der Waals surface area contributed by atoms with E-state index in [-0.39, 0.29) is 5.69 Å². The van der Waals surface area contributed by atoms with Crippen LogP contribution in [-0.2, 0) is 0 Å². The highest BCUT2D eigenvalue weighted by atomic mass is 19.1. The number of halogens is 2. The minimum absolute atomic E-state index is 0.0371. The second-order valence-electron chi connectivity index (χ2n) is 6.00. The normalized spacial score (nSPS) is 13.5. The predicted molar refractivity (Wildman–Crippen MR) is 93.8 cm³/mol. The molecular formula is C19H16F2N4. The summed E-state index contributed by atoms with van der Waals surface area (Å²) in [6.07, 6.45) is 2.17. The van der Waals surface area contributed by atoms with Crippen molar-refractivity contribution in [3.05, 3.63) is 66.2 Å². The first kappa shape index (κ1) is 15.5. The molecule has 2 N–H and O–H groups in total. The quantitative estimate of drug-likeness (QED) is 0.705. The van der Waals surface area contributed by atoms with Crippen LogP contribution >= 0.6 is 0 Å². The number of rotatable bonds is 5. The van der Waals surface area contributed by atoms with E-state index < -0.39 is 11.6 Å². The topological polar surface area (TPSA) is 49.8 Å². The highest BCUT2D eigenvalue weighted by Crippen LogP contribution is 2.28. The Labute approximate surface area is 144 Å². The van der Waals surface area contributed by atoms with Gasteiger partial charge >= 0.3 is 0 Å².